The second-order valence-corrected chi connectivity index (χ2v) is 1.93. The quantitative estimate of drug-likeness (QED) is 0.343. The summed E-state index contributed by atoms with van der Waals surface area (Å²) in [5.74, 6) is 0. The van der Waals surface area contributed by atoms with Crippen LogP contribution in [0.25, 0.3) is 6.20 Å². The minimum Gasteiger partial charge on any atom is -0.356 e. The van der Waals surface area contributed by atoms with E-state index in [1.165, 1.54) is 0 Å². The molecule has 6 nitrogen and oxygen atoms in total. The van der Waals surface area contributed by atoms with Crippen molar-refractivity contribution in [1.29, 1.82) is 0 Å². The Labute approximate surface area is 69.1 Å². The largest absolute Gasteiger partial charge is 0.356 e. The lowest BCUT2D eigenvalue weighted by molar-refractivity contribution is -0.670. The first-order valence-corrected chi connectivity index (χ1v) is 3.03. The monoisotopic (exact) mass is 171 g/mol. The van der Waals surface area contributed by atoms with E-state index in [0.29, 0.717) is 0 Å². The van der Waals surface area contributed by atoms with Gasteiger partial charge in [0.25, 0.3) is 0 Å². The Bertz CT molecular complexity index is 265. The van der Waals surface area contributed by atoms with Crippen LogP contribution < -0.4 is 4.57 Å². The smallest absolute Gasteiger partial charge is 0.248 e. The van der Waals surface area contributed by atoms with Crippen molar-refractivity contribution in [3.05, 3.63) is 40.6 Å². The van der Waals surface area contributed by atoms with Gasteiger partial charge in [-0.15, -0.1) is 0 Å². The van der Waals surface area contributed by atoms with Crippen molar-refractivity contribution in [3.8, 4) is 0 Å². The topological polar surface area (TPSA) is 75.0 Å². The van der Waals surface area contributed by atoms with E-state index in [-0.39, 0.29) is 0 Å². The summed E-state index contributed by atoms with van der Waals surface area (Å²) in [5, 5.41) is 14.8. The molecule has 1 rings (SSSR count). The molecule has 0 aromatic carbocycles. The summed E-state index contributed by atoms with van der Waals surface area (Å²) in [4.78, 5) is 8.25. The summed E-state index contributed by atoms with van der Waals surface area (Å²) in [5.41, 5.74) is 0. The average Bonchev–Trinajstić information content (AvgIpc) is 2.34. The van der Waals surface area contributed by atoms with Crippen molar-refractivity contribution < 1.29 is 9.65 Å². The SMILES string of the molecule is C=Cn1cc[n+](C)c1.O=[N+]([O-])[O-]. The van der Waals surface area contributed by atoms with Crippen molar-refractivity contribution in [2.24, 2.45) is 7.05 Å². The molecule has 0 atom stereocenters. The normalized spacial score (nSPS) is 8.08. The van der Waals surface area contributed by atoms with Gasteiger partial charge in [0.2, 0.25) is 6.33 Å². The van der Waals surface area contributed by atoms with Crippen LogP contribution in [0.2, 0.25) is 0 Å². The molecule has 0 aliphatic heterocycles. The summed E-state index contributed by atoms with van der Waals surface area (Å²) in [6.45, 7) is 3.59. The van der Waals surface area contributed by atoms with Gasteiger partial charge in [0, 0.05) is 0 Å². The lowest BCUT2D eigenvalue weighted by atomic mass is 10.8. The predicted molar refractivity (Wildman–Crippen MR) is 42.4 cm³/mol. The van der Waals surface area contributed by atoms with Crippen LogP contribution in [-0.2, 0) is 7.05 Å². The van der Waals surface area contributed by atoms with Crippen LogP contribution in [0.3, 0.4) is 0 Å². The van der Waals surface area contributed by atoms with E-state index < -0.39 is 5.09 Å². The van der Waals surface area contributed by atoms with Crippen molar-refractivity contribution in [2.75, 3.05) is 0 Å². The second kappa shape index (κ2) is 4.89. The molecular weight excluding hydrogens is 162 g/mol. The Hall–Kier alpha value is -1.85. The molecule has 66 valence electrons. The predicted octanol–water partition coefficient (Wildman–Crippen LogP) is 0.174. The first-order valence-electron chi connectivity index (χ1n) is 3.03. The summed E-state index contributed by atoms with van der Waals surface area (Å²) < 4.78 is 3.85. The molecule has 0 unspecified atom stereocenters. The maximum Gasteiger partial charge on any atom is 0.248 e. The van der Waals surface area contributed by atoms with E-state index in [1.807, 2.05) is 34.9 Å². The lowest BCUT2D eigenvalue weighted by Crippen LogP contribution is -2.23. The van der Waals surface area contributed by atoms with Crippen molar-refractivity contribution in [2.45, 2.75) is 0 Å². The molecule has 0 aliphatic rings. The summed E-state index contributed by atoms with van der Waals surface area (Å²) >= 11 is 0. The van der Waals surface area contributed by atoms with Crippen molar-refractivity contribution >= 4 is 6.20 Å². The van der Waals surface area contributed by atoms with Gasteiger partial charge < -0.3 is 15.3 Å². The summed E-state index contributed by atoms with van der Waals surface area (Å²) in [7, 11) is 1.97. The zero-order chi connectivity index (χ0) is 9.56. The molecule has 12 heavy (non-hydrogen) atoms. The highest BCUT2D eigenvalue weighted by atomic mass is 16.9. The Morgan fingerprint density at radius 1 is 1.67 bits per heavy atom. The maximum absolute atomic E-state index is 8.25. The number of nitrogens with zero attached hydrogens (tertiary/aromatic N) is 3. The molecule has 0 amide bonds. The Kier molecular flexibility index (Phi) is 4.13. The fourth-order valence-corrected chi connectivity index (χ4v) is 0.577. The van der Waals surface area contributed by atoms with Crippen LogP contribution in [0.4, 0.5) is 0 Å². The number of hydrogen-bond acceptors (Lipinski definition) is 3. The van der Waals surface area contributed by atoms with E-state index in [9.17, 15) is 0 Å². The highest BCUT2D eigenvalue weighted by Gasteiger charge is 1.90. The third kappa shape index (κ3) is 4.98. The molecule has 1 heterocycles. The number of imidazole rings is 1. The Morgan fingerprint density at radius 3 is 2.33 bits per heavy atom. The van der Waals surface area contributed by atoms with Gasteiger partial charge in [-0.1, -0.05) is 6.58 Å². The zero-order valence-electron chi connectivity index (χ0n) is 6.58. The van der Waals surface area contributed by atoms with Gasteiger partial charge in [-0.3, -0.25) is 0 Å². The van der Waals surface area contributed by atoms with Gasteiger partial charge in [0.05, 0.1) is 18.3 Å². The van der Waals surface area contributed by atoms with Crippen LogP contribution in [-0.4, -0.2) is 9.65 Å². The molecule has 1 aromatic rings. The lowest BCUT2D eigenvalue weighted by Gasteiger charge is -1.74. The third-order valence-electron chi connectivity index (χ3n) is 1.00. The summed E-state index contributed by atoms with van der Waals surface area (Å²) in [6.07, 6.45) is 7.58. The van der Waals surface area contributed by atoms with E-state index in [0.717, 1.165) is 0 Å². The third-order valence-corrected chi connectivity index (χ3v) is 1.00. The van der Waals surface area contributed by atoms with Crippen LogP contribution in [0.5, 0.6) is 0 Å². The highest BCUT2D eigenvalue weighted by molar-refractivity contribution is 5.12. The van der Waals surface area contributed by atoms with Crippen LogP contribution >= 0.6 is 0 Å². The van der Waals surface area contributed by atoms with Crippen LogP contribution in [0.15, 0.2) is 25.3 Å². The fourth-order valence-electron chi connectivity index (χ4n) is 0.577. The fraction of sp³-hybridized carbons (Fsp3) is 0.167. The first-order chi connectivity index (χ1) is 5.56. The number of aromatic nitrogens is 2. The Balaban J connectivity index is 0.000000261. The summed E-state index contributed by atoms with van der Waals surface area (Å²) in [6, 6.07) is 0. The molecule has 0 saturated carbocycles. The molecule has 0 bridgehead atoms. The molecular formula is C6H9N3O3. The minimum atomic E-state index is -1.75. The van der Waals surface area contributed by atoms with Gasteiger partial charge in [0.1, 0.15) is 12.4 Å². The standard InChI is InChI=1S/C6H9N2.NO3/c1-3-8-5-4-7(2)6-8;2-1(3)4/h3-6H,1H2,2H3;/q+1;-1. The highest BCUT2D eigenvalue weighted by Crippen LogP contribution is 1.79. The first kappa shape index (κ1) is 10.2. The van der Waals surface area contributed by atoms with E-state index in [4.69, 9.17) is 15.3 Å². The molecule has 0 aliphatic carbocycles. The van der Waals surface area contributed by atoms with Gasteiger partial charge in [0.15, 0.2) is 0 Å². The van der Waals surface area contributed by atoms with Gasteiger partial charge in [-0.05, 0) is 0 Å². The molecule has 6 heteroatoms. The van der Waals surface area contributed by atoms with Crippen LogP contribution in [0.1, 0.15) is 0 Å². The molecule has 0 spiro atoms. The molecule has 1 aromatic heterocycles. The van der Waals surface area contributed by atoms with Crippen LogP contribution in [0, 0.1) is 15.3 Å². The van der Waals surface area contributed by atoms with E-state index in [1.54, 1.807) is 6.20 Å². The molecule has 0 N–H and O–H groups in total. The van der Waals surface area contributed by atoms with E-state index >= 15 is 0 Å². The van der Waals surface area contributed by atoms with E-state index in [2.05, 4.69) is 6.58 Å². The van der Waals surface area contributed by atoms with Gasteiger partial charge in [-0.25, -0.2) is 9.13 Å². The second-order valence-electron chi connectivity index (χ2n) is 1.93. The van der Waals surface area contributed by atoms with Gasteiger partial charge in [-0.2, -0.15) is 0 Å². The number of aryl methyl sites for hydroxylation is 1. The number of hydrogen-bond donors (Lipinski definition) is 0. The maximum atomic E-state index is 8.25. The zero-order valence-corrected chi connectivity index (χ0v) is 6.58. The molecule has 0 fully saturated rings. The molecule has 0 radical (unpaired) electrons. The Morgan fingerprint density at radius 2 is 2.17 bits per heavy atom. The number of rotatable bonds is 1. The average molecular weight is 171 g/mol. The van der Waals surface area contributed by atoms with Crippen molar-refractivity contribution in [1.82, 2.24) is 4.57 Å². The molecule has 0 saturated heterocycles. The minimum absolute atomic E-state index is 1.75. The van der Waals surface area contributed by atoms with Gasteiger partial charge >= 0.3 is 0 Å². The van der Waals surface area contributed by atoms with Crippen molar-refractivity contribution in [3.63, 3.8) is 0 Å².